The number of hydrogen-bond acceptors (Lipinski definition) is 6. The summed E-state index contributed by atoms with van der Waals surface area (Å²) in [6, 6.07) is 7.61. The van der Waals surface area contributed by atoms with E-state index >= 15 is 0 Å². The summed E-state index contributed by atoms with van der Waals surface area (Å²) in [6.07, 6.45) is 2.93. The molecule has 0 unspecified atom stereocenters. The van der Waals surface area contributed by atoms with Gasteiger partial charge in [-0.25, -0.2) is 9.59 Å². The molecule has 1 amide bonds. The highest BCUT2D eigenvalue weighted by Gasteiger charge is 2.31. The summed E-state index contributed by atoms with van der Waals surface area (Å²) in [6.45, 7) is 7.00. The summed E-state index contributed by atoms with van der Waals surface area (Å²) in [5.41, 5.74) is 1.74. The van der Waals surface area contributed by atoms with Crippen LogP contribution < -0.4 is 5.32 Å². The van der Waals surface area contributed by atoms with Gasteiger partial charge in [-0.3, -0.25) is 10.1 Å². The fourth-order valence-corrected chi connectivity index (χ4v) is 2.48. The maximum atomic E-state index is 12.3. The maximum absolute atomic E-state index is 12.3. The number of amides is 1. The lowest BCUT2D eigenvalue weighted by Crippen LogP contribution is -2.16. The van der Waals surface area contributed by atoms with E-state index < -0.39 is 17.8 Å². The molecule has 0 spiro atoms. The quantitative estimate of drug-likeness (QED) is 0.574. The van der Waals surface area contributed by atoms with Crippen LogP contribution in [0.3, 0.4) is 0 Å². The van der Waals surface area contributed by atoms with E-state index in [1.54, 1.807) is 19.9 Å². The Morgan fingerprint density at radius 2 is 1.54 bits per heavy atom. The molecule has 0 radical (unpaired) electrons. The SMILES string of the molecule is CCOC(=O)c1c(C)oc(NC(=O)/C=C/c2ccc(C)cc2)c1C(=O)OCC. The molecule has 0 atom stereocenters. The fraction of sp³-hybridized carbons (Fsp3) is 0.286. The average Bonchev–Trinajstić information content (AvgIpc) is 2.97. The van der Waals surface area contributed by atoms with Gasteiger partial charge >= 0.3 is 11.9 Å². The van der Waals surface area contributed by atoms with Gasteiger partial charge in [0.25, 0.3) is 5.91 Å². The lowest BCUT2D eigenvalue weighted by atomic mass is 10.1. The number of rotatable bonds is 7. The number of carbonyl (C=O) groups is 3. The molecule has 148 valence electrons. The molecule has 7 nitrogen and oxygen atoms in total. The van der Waals surface area contributed by atoms with Gasteiger partial charge in [0, 0.05) is 6.08 Å². The van der Waals surface area contributed by atoms with Crippen molar-refractivity contribution in [2.75, 3.05) is 18.5 Å². The van der Waals surface area contributed by atoms with Crippen molar-refractivity contribution in [3.05, 3.63) is 58.4 Å². The van der Waals surface area contributed by atoms with Gasteiger partial charge < -0.3 is 13.9 Å². The monoisotopic (exact) mass is 385 g/mol. The van der Waals surface area contributed by atoms with Crippen LogP contribution in [0.2, 0.25) is 0 Å². The van der Waals surface area contributed by atoms with Crippen molar-refractivity contribution in [1.29, 1.82) is 0 Å². The number of benzene rings is 1. The van der Waals surface area contributed by atoms with Gasteiger partial charge in [-0.1, -0.05) is 29.8 Å². The number of anilines is 1. The van der Waals surface area contributed by atoms with Crippen LogP contribution >= 0.6 is 0 Å². The third-order valence-corrected chi connectivity index (χ3v) is 3.78. The van der Waals surface area contributed by atoms with E-state index in [2.05, 4.69) is 5.32 Å². The van der Waals surface area contributed by atoms with Crippen molar-refractivity contribution in [3.63, 3.8) is 0 Å². The first-order valence-electron chi connectivity index (χ1n) is 8.90. The second-order valence-corrected chi connectivity index (χ2v) is 5.91. The highest BCUT2D eigenvalue weighted by Crippen LogP contribution is 2.29. The summed E-state index contributed by atoms with van der Waals surface area (Å²) in [7, 11) is 0. The molecular formula is C21H23NO6. The molecule has 1 aromatic carbocycles. The predicted molar refractivity (Wildman–Crippen MR) is 104 cm³/mol. The summed E-state index contributed by atoms with van der Waals surface area (Å²) < 4.78 is 15.4. The standard InChI is InChI=1S/C21H23NO6/c1-5-26-20(24)17-14(4)28-19(18(17)21(25)27-6-2)22-16(23)12-11-15-9-7-13(3)8-10-15/h7-12H,5-6H2,1-4H3,(H,22,23)/b12-11+. The molecule has 0 aliphatic rings. The van der Waals surface area contributed by atoms with Crippen LogP contribution in [0.1, 0.15) is 51.5 Å². The van der Waals surface area contributed by atoms with Crippen molar-refractivity contribution in [2.45, 2.75) is 27.7 Å². The molecule has 1 aromatic heterocycles. The van der Waals surface area contributed by atoms with Crippen LogP contribution in [-0.4, -0.2) is 31.1 Å². The Bertz CT molecular complexity index is 892. The molecule has 28 heavy (non-hydrogen) atoms. The van der Waals surface area contributed by atoms with E-state index in [0.717, 1.165) is 11.1 Å². The van der Waals surface area contributed by atoms with E-state index in [1.165, 1.54) is 13.0 Å². The topological polar surface area (TPSA) is 94.8 Å². The van der Waals surface area contributed by atoms with Gasteiger partial charge in [-0.2, -0.15) is 0 Å². The Balaban J connectivity index is 2.29. The summed E-state index contributed by atoms with van der Waals surface area (Å²) in [5.74, 6) is -2.02. The van der Waals surface area contributed by atoms with E-state index in [-0.39, 0.29) is 36.0 Å². The zero-order chi connectivity index (χ0) is 20.7. The number of ether oxygens (including phenoxy) is 2. The average molecular weight is 385 g/mol. The van der Waals surface area contributed by atoms with E-state index in [9.17, 15) is 14.4 Å². The number of furan rings is 1. The minimum absolute atomic E-state index is 0.0573. The fourth-order valence-electron chi connectivity index (χ4n) is 2.48. The van der Waals surface area contributed by atoms with Gasteiger partial charge in [0.15, 0.2) is 0 Å². The van der Waals surface area contributed by atoms with Gasteiger partial charge in [-0.05, 0) is 39.3 Å². The molecule has 0 bridgehead atoms. The summed E-state index contributed by atoms with van der Waals surface area (Å²) in [4.78, 5) is 36.8. The minimum atomic E-state index is -0.778. The van der Waals surface area contributed by atoms with Gasteiger partial charge in [0.1, 0.15) is 16.9 Å². The first-order chi connectivity index (χ1) is 13.4. The number of carbonyl (C=O) groups excluding carboxylic acids is 3. The second kappa shape index (κ2) is 9.55. The first kappa shape index (κ1) is 21.0. The van der Waals surface area contributed by atoms with Crippen LogP contribution in [0, 0.1) is 13.8 Å². The Labute approximate surface area is 163 Å². The second-order valence-electron chi connectivity index (χ2n) is 5.91. The molecule has 0 aliphatic heterocycles. The van der Waals surface area contributed by atoms with Crippen LogP contribution in [0.5, 0.6) is 0 Å². The minimum Gasteiger partial charge on any atom is -0.462 e. The summed E-state index contributed by atoms with van der Waals surface area (Å²) in [5, 5.41) is 2.49. The molecule has 0 saturated heterocycles. The lowest BCUT2D eigenvalue weighted by Gasteiger charge is -2.06. The Hall–Kier alpha value is -3.35. The molecule has 2 aromatic rings. The van der Waals surface area contributed by atoms with E-state index in [1.807, 2.05) is 31.2 Å². The predicted octanol–water partition coefficient (Wildman–Crippen LogP) is 3.90. The van der Waals surface area contributed by atoms with Crippen LogP contribution in [0.15, 0.2) is 34.8 Å². The number of nitrogens with one attached hydrogen (secondary N) is 1. The zero-order valence-corrected chi connectivity index (χ0v) is 16.3. The molecule has 0 aliphatic carbocycles. The van der Waals surface area contributed by atoms with E-state index in [0.29, 0.717) is 0 Å². The lowest BCUT2D eigenvalue weighted by molar-refractivity contribution is -0.111. The third-order valence-electron chi connectivity index (χ3n) is 3.78. The van der Waals surface area contributed by atoms with Crippen LogP contribution in [0.25, 0.3) is 6.08 Å². The Kier molecular flexibility index (Phi) is 7.14. The van der Waals surface area contributed by atoms with Crippen LogP contribution in [-0.2, 0) is 14.3 Å². The highest BCUT2D eigenvalue weighted by molar-refractivity contribution is 6.10. The first-order valence-corrected chi connectivity index (χ1v) is 8.90. The molecular weight excluding hydrogens is 362 g/mol. The molecule has 0 fully saturated rings. The molecule has 7 heteroatoms. The normalized spacial score (nSPS) is 10.7. The zero-order valence-electron chi connectivity index (χ0n) is 16.3. The van der Waals surface area contributed by atoms with Gasteiger partial charge in [0.05, 0.1) is 13.2 Å². The Morgan fingerprint density at radius 3 is 2.11 bits per heavy atom. The number of aryl methyl sites for hydroxylation is 2. The van der Waals surface area contributed by atoms with Crippen molar-refractivity contribution in [3.8, 4) is 0 Å². The molecule has 2 rings (SSSR count). The van der Waals surface area contributed by atoms with Crippen molar-refractivity contribution in [1.82, 2.24) is 0 Å². The number of esters is 2. The molecule has 1 N–H and O–H groups in total. The maximum Gasteiger partial charge on any atom is 0.344 e. The largest absolute Gasteiger partial charge is 0.462 e. The van der Waals surface area contributed by atoms with Crippen molar-refractivity contribution in [2.24, 2.45) is 0 Å². The summed E-state index contributed by atoms with van der Waals surface area (Å²) >= 11 is 0. The van der Waals surface area contributed by atoms with Crippen molar-refractivity contribution >= 4 is 29.8 Å². The van der Waals surface area contributed by atoms with Crippen molar-refractivity contribution < 1.29 is 28.3 Å². The van der Waals surface area contributed by atoms with Gasteiger partial charge in [0.2, 0.25) is 5.88 Å². The van der Waals surface area contributed by atoms with Gasteiger partial charge in [-0.15, -0.1) is 0 Å². The van der Waals surface area contributed by atoms with E-state index in [4.69, 9.17) is 13.9 Å². The Morgan fingerprint density at radius 1 is 0.964 bits per heavy atom. The smallest absolute Gasteiger partial charge is 0.344 e. The molecule has 1 heterocycles. The third kappa shape index (κ3) is 5.09. The molecule has 0 saturated carbocycles. The van der Waals surface area contributed by atoms with Crippen LogP contribution in [0.4, 0.5) is 5.88 Å². The highest BCUT2D eigenvalue weighted by atomic mass is 16.5. The number of hydrogen-bond donors (Lipinski definition) is 1.